The summed E-state index contributed by atoms with van der Waals surface area (Å²) in [5.74, 6) is 0.765. The summed E-state index contributed by atoms with van der Waals surface area (Å²) in [7, 11) is 2.18. The minimum absolute atomic E-state index is 0.143. The number of nitrogens with zero attached hydrogens (tertiary/aromatic N) is 1. The van der Waals surface area contributed by atoms with Gasteiger partial charge >= 0.3 is 0 Å². The van der Waals surface area contributed by atoms with Gasteiger partial charge in [-0.3, -0.25) is 0 Å². The quantitative estimate of drug-likeness (QED) is 0.884. The number of hydrogen-bond acceptors (Lipinski definition) is 3. The van der Waals surface area contributed by atoms with Crippen LogP contribution < -0.4 is 0 Å². The first kappa shape index (κ1) is 14.0. The Balaban J connectivity index is 1.92. The van der Waals surface area contributed by atoms with Crippen LogP contribution in [-0.2, 0) is 6.54 Å². The predicted octanol–water partition coefficient (Wildman–Crippen LogP) is 3.37. The molecule has 1 aliphatic carbocycles. The van der Waals surface area contributed by atoms with Gasteiger partial charge in [0.15, 0.2) is 0 Å². The molecule has 1 saturated carbocycles. The smallest absolute Gasteiger partial charge is 0.0499 e. The normalized spacial score (nSPS) is 28.8. The second-order valence-electron chi connectivity index (χ2n) is 6.11. The van der Waals surface area contributed by atoms with Gasteiger partial charge in [-0.05, 0) is 37.3 Å². The first-order valence-corrected chi connectivity index (χ1v) is 7.83. The lowest BCUT2D eigenvalue weighted by Crippen LogP contribution is -2.41. The fraction of sp³-hybridized carbons (Fsp3) is 0.733. The maximum Gasteiger partial charge on any atom is 0.0499 e. The van der Waals surface area contributed by atoms with E-state index in [1.165, 1.54) is 30.6 Å². The van der Waals surface area contributed by atoms with Crippen molar-refractivity contribution in [2.45, 2.75) is 39.2 Å². The summed E-state index contributed by atoms with van der Waals surface area (Å²) in [6.07, 6.45) is 4.96. The predicted molar refractivity (Wildman–Crippen MR) is 77.8 cm³/mol. The van der Waals surface area contributed by atoms with Gasteiger partial charge in [-0.15, -0.1) is 11.3 Å². The van der Waals surface area contributed by atoms with Gasteiger partial charge in [0.2, 0.25) is 0 Å². The van der Waals surface area contributed by atoms with Gasteiger partial charge in [0, 0.05) is 30.0 Å². The summed E-state index contributed by atoms with van der Waals surface area (Å²) in [6, 6.07) is 4.30. The molecular weight excluding hydrogens is 242 g/mol. The van der Waals surface area contributed by atoms with Gasteiger partial charge in [0.1, 0.15) is 0 Å². The molecule has 3 heteroatoms. The summed E-state index contributed by atoms with van der Waals surface area (Å²) in [4.78, 5) is 3.79. The number of thiophene rings is 1. The summed E-state index contributed by atoms with van der Waals surface area (Å²) in [5, 5.41) is 11.9. The van der Waals surface area contributed by atoms with Crippen LogP contribution >= 0.6 is 11.3 Å². The van der Waals surface area contributed by atoms with E-state index in [9.17, 15) is 5.11 Å². The fourth-order valence-corrected chi connectivity index (χ4v) is 4.19. The van der Waals surface area contributed by atoms with E-state index in [4.69, 9.17) is 0 Å². The zero-order chi connectivity index (χ0) is 13.0. The molecule has 2 atom stereocenters. The zero-order valence-corrected chi connectivity index (χ0v) is 12.4. The van der Waals surface area contributed by atoms with E-state index >= 15 is 0 Å². The third-order valence-electron chi connectivity index (χ3n) is 4.13. The molecule has 0 aromatic carbocycles. The molecule has 0 saturated heterocycles. The van der Waals surface area contributed by atoms with Gasteiger partial charge in [-0.2, -0.15) is 0 Å². The van der Waals surface area contributed by atoms with Gasteiger partial charge < -0.3 is 10.0 Å². The second-order valence-corrected chi connectivity index (χ2v) is 7.14. The average molecular weight is 267 g/mol. The molecular formula is C15H25NOS. The minimum Gasteiger partial charge on any atom is -0.396 e. The molecule has 0 spiro atoms. The fourth-order valence-electron chi connectivity index (χ4n) is 3.40. The SMILES string of the molecule is CC1CCCC(CO)(CN(C)Cc2cccs2)C1. The Morgan fingerprint density at radius 1 is 1.56 bits per heavy atom. The number of aliphatic hydroxyl groups excluding tert-OH is 1. The molecule has 1 aliphatic rings. The van der Waals surface area contributed by atoms with Crippen LogP contribution in [0.4, 0.5) is 0 Å². The highest BCUT2D eigenvalue weighted by Crippen LogP contribution is 2.39. The third-order valence-corrected chi connectivity index (χ3v) is 4.99. The van der Waals surface area contributed by atoms with Crippen molar-refractivity contribution in [3.8, 4) is 0 Å². The molecule has 2 nitrogen and oxygen atoms in total. The van der Waals surface area contributed by atoms with Crippen molar-refractivity contribution < 1.29 is 5.11 Å². The maximum atomic E-state index is 9.81. The molecule has 2 unspecified atom stereocenters. The number of hydrogen-bond donors (Lipinski definition) is 1. The second kappa shape index (κ2) is 6.18. The zero-order valence-electron chi connectivity index (χ0n) is 11.6. The first-order valence-electron chi connectivity index (χ1n) is 6.95. The molecule has 1 aromatic rings. The van der Waals surface area contributed by atoms with Crippen molar-refractivity contribution in [2.75, 3.05) is 20.2 Å². The van der Waals surface area contributed by atoms with Crippen LogP contribution in [0.3, 0.4) is 0 Å². The third kappa shape index (κ3) is 3.56. The molecule has 1 N–H and O–H groups in total. The van der Waals surface area contributed by atoms with E-state index in [1.807, 2.05) is 11.3 Å². The highest BCUT2D eigenvalue weighted by Gasteiger charge is 2.35. The summed E-state index contributed by atoms with van der Waals surface area (Å²) in [5.41, 5.74) is 0.143. The molecule has 0 amide bonds. The Morgan fingerprint density at radius 3 is 3.00 bits per heavy atom. The van der Waals surface area contributed by atoms with Crippen LogP contribution in [0.1, 0.15) is 37.5 Å². The lowest BCUT2D eigenvalue weighted by molar-refractivity contribution is 0.0292. The minimum atomic E-state index is 0.143. The largest absolute Gasteiger partial charge is 0.396 e. The summed E-state index contributed by atoms with van der Waals surface area (Å²) < 4.78 is 0. The van der Waals surface area contributed by atoms with Crippen molar-refractivity contribution in [1.82, 2.24) is 4.90 Å². The van der Waals surface area contributed by atoms with Crippen molar-refractivity contribution >= 4 is 11.3 Å². The maximum absolute atomic E-state index is 9.81. The first-order chi connectivity index (χ1) is 8.63. The topological polar surface area (TPSA) is 23.5 Å². The van der Waals surface area contributed by atoms with Crippen LogP contribution in [0.25, 0.3) is 0 Å². The van der Waals surface area contributed by atoms with Gasteiger partial charge in [-0.1, -0.05) is 25.8 Å². The summed E-state index contributed by atoms with van der Waals surface area (Å²) in [6.45, 7) is 4.69. The van der Waals surface area contributed by atoms with Crippen molar-refractivity contribution in [1.29, 1.82) is 0 Å². The van der Waals surface area contributed by atoms with E-state index in [2.05, 4.69) is 36.4 Å². The number of aliphatic hydroxyl groups is 1. The lowest BCUT2D eigenvalue weighted by Gasteiger charge is -2.41. The molecule has 1 aromatic heterocycles. The monoisotopic (exact) mass is 267 g/mol. The Kier molecular flexibility index (Phi) is 4.82. The Hall–Kier alpha value is -0.380. The Morgan fingerprint density at radius 2 is 2.39 bits per heavy atom. The highest BCUT2D eigenvalue weighted by molar-refractivity contribution is 7.09. The standard InChI is InChI=1S/C15H25NOS/c1-13-5-3-7-15(9-13,12-17)11-16(2)10-14-6-4-8-18-14/h4,6,8,13,17H,3,5,7,9-12H2,1-2H3. The van der Waals surface area contributed by atoms with Gasteiger partial charge in [-0.25, -0.2) is 0 Å². The lowest BCUT2D eigenvalue weighted by atomic mass is 9.70. The van der Waals surface area contributed by atoms with Crippen LogP contribution in [-0.4, -0.2) is 30.2 Å². The van der Waals surface area contributed by atoms with Crippen molar-refractivity contribution in [3.05, 3.63) is 22.4 Å². The van der Waals surface area contributed by atoms with Crippen LogP contribution in [0, 0.1) is 11.3 Å². The van der Waals surface area contributed by atoms with Gasteiger partial charge in [0.05, 0.1) is 0 Å². The Labute approximate surface area is 115 Å². The van der Waals surface area contributed by atoms with Crippen molar-refractivity contribution in [2.24, 2.45) is 11.3 Å². The molecule has 18 heavy (non-hydrogen) atoms. The molecule has 1 fully saturated rings. The molecule has 102 valence electrons. The molecule has 0 bridgehead atoms. The van der Waals surface area contributed by atoms with Crippen LogP contribution in [0.15, 0.2) is 17.5 Å². The molecule has 2 rings (SSSR count). The van der Waals surface area contributed by atoms with E-state index in [1.54, 1.807) is 0 Å². The summed E-state index contributed by atoms with van der Waals surface area (Å²) >= 11 is 1.82. The van der Waals surface area contributed by atoms with Crippen LogP contribution in [0.2, 0.25) is 0 Å². The highest BCUT2D eigenvalue weighted by atomic mass is 32.1. The number of rotatable bonds is 5. The average Bonchev–Trinajstić information content (AvgIpc) is 2.81. The van der Waals surface area contributed by atoms with E-state index in [-0.39, 0.29) is 5.41 Å². The van der Waals surface area contributed by atoms with Crippen LogP contribution in [0.5, 0.6) is 0 Å². The van der Waals surface area contributed by atoms with E-state index < -0.39 is 0 Å². The molecule has 0 aliphatic heterocycles. The Bertz CT molecular complexity index is 351. The van der Waals surface area contributed by atoms with Gasteiger partial charge in [0.25, 0.3) is 0 Å². The molecule has 1 heterocycles. The van der Waals surface area contributed by atoms with E-state index in [0.717, 1.165) is 19.0 Å². The van der Waals surface area contributed by atoms with Crippen molar-refractivity contribution in [3.63, 3.8) is 0 Å². The van der Waals surface area contributed by atoms with E-state index in [0.29, 0.717) is 6.61 Å². The molecule has 0 radical (unpaired) electrons.